The zero-order valence-corrected chi connectivity index (χ0v) is 13.0. The Bertz CT molecular complexity index is 529. The van der Waals surface area contributed by atoms with E-state index in [1.165, 1.54) is 16.5 Å². The molecule has 0 aliphatic carbocycles. The molecule has 0 aliphatic heterocycles. The molecule has 0 spiro atoms. The number of nitrogens with one attached hydrogen (secondary N) is 2. The molecule has 1 aromatic carbocycles. The molecule has 20 heavy (non-hydrogen) atoms. The van der Waals surface area contributed by atoms with Crippen molar-refractivity contribution in [1.82, 2.24) is 10.3 Å². The van der Waals surface area contributed by atoms with Gasteiger partial charge in [-0.3, -0.25) is 4.79 Å². The van der Waals surface area contributed by atoms with Gasteiger partial charge in [-0.15, -0.1) is 0 Å². The zero-order valence-electron chi connectivity index (χ0n) is 13.0. The van der Waals surface area contributed by atoms with Gasteiger partial charge in [-0.2, -0.15) is 0 Å². The van der Waals surface area contributed by atoms with Crippen molar-refractivity contribution in [3.63, 3.8) is 0 Å². The van der Waals surface area contributed by atoms with Crippen LogP contribution in [0.5, 0.6) is 0 Å². The van der Waals surface area contributed by atoms with Gasteiger partial charge in [-0.25, -0.2) is 0 Å². The summed E-state index contributed by atoms with van der Waals surface area (Å²) in [6, 6.07) is 8.73. The van der Waals surface area contributed by atoms with Crippen LogP contribution in [0.2, 0.25) is 0 Å². The molecule has 0 radical (unpaired) electrons. The third-order valence-electron chi connectivity index (χ3n) is 3.03. The first-order valence-corrected chi connectivity index (χ1v) is 7.32. The molecule has 0 saturated carbocycles. The summed E-state index contributed by atoms with van der Waals surface area (Å²) in [6.07, 6.45) is 3.70. The second-order valence-corrected chi connectivity index (χ2v) is 5.34. The molecule has 0 amide bonds. The van der Waals surface area contributed by atoms with E-state index in [-0.39, 0.29) is 0 Å². The van der Waals surface area contributed by atoms with E-state index >= 15 is 0 Å². The average molecular weight is 274 g/mol. The van der Waals surface area contributed by atoms with Crippen LogP contribution in [0.4, 0.5) is 0 Å². The highest BCUT2D eigenvalue weighted by molar-refractivity contribution is 5.82. The van der Waals surface area contributed by atoms with E-state index in [0.717, 1.165) is 6.42 Å². The number of aryl methyl sites for hydroxylation is 1. The Morgan fingerprint density at radius 1 is 1.30 bits per heavy atom. The normalized spacial score (nSPS) is 10.4. The molecule has 0 atom stereocenters. The fraction of sp³-hybridized carbons (Fsp3) is 0.471. The third-order valence-corrected chi connectivity index (χ3v) is 3.03. The van der Waals surface area contributed by atoms with Crippen LogP contribution in [-0.2, 0) is 4.79 Å². The summed E-state index contributed by atoms with van der Waals surface area (Å²) in [6.45, 7) is 8.75. The second kappa shape index (κ2) is 8.54. The predicted molar refractivity (Wildman–Crippen MR) is 86.1 cm³/mol. The summed E-state index contributed by atoms with van der Waals surface area (Å²) in [5.74, 6) is 0.316. The Labute approximate surface area is 121 Å². The molecule has 3 heteroatoms. The molecule has 1 heterocycles. The van der Waals surface area contributed by atoms with Crippen LogP contribution in [0.15, 0.2) is 30.5 Å². The quantitative estimate of drug-likeness (QED) is 0.870. The topological polar surface area (TPSA) is 44.9 Å². The molecule has 0 aliphatic rings. The minimum Gasteiger partial charge on any atom is -0.361 e. The van der Waals surface area contributed by atoms with Gasteiger partial charge in [0.1, 0.15) is 5.78 Å². The fourth-order valence-electron chi connectivity index (χ4n) is 1.90. The SMILES string of the molecule is CCCC(=O)CNC(C)C.Cc1c[nH]c2ccccc12. The smallest absolute Gasteiger partial charge is 0.146 e. The van der Waals surface area contributed by atoms with E-state index in [1.807, 2.05) is 33.0 Å². The molecule has 2 aromatic rings. The predicted octanol–water partition coefficient (Wildman–Crippen LogP) is 3.83. The monoisotopic (exact) mass is 274 g/mol. The lowest BCUT2D eigenvalue weighted by Crippen LogP contribution is -2.28. The Kier molecular flexibility index (Phi) is 7.02. The van der Waals surface area contributed by atoms with E-state index in [4.69, 9.17) is 0 Å². The van der Waals surface area contributed by atoms with Gasteiger partial charge in [0.15, 0.2) is 0 Å². The van der Waals surface area contributed by atoms with Crippen molar-refractivity contribution in [2.75, 3.05) is 6.54 Å². The van der Waals surface area contributed by atoms with Crippen molar-refractivity contribution in [2.24, 2.45) is 0 Å². The number of ketones is 1. The van der Waals surface area contributed by atoms with Crippen LogP contribution < -0.4 is 5.32 Å². The van der Waals surface area contributed by atoms with Gasteiger partial charge >= 0.3 is 0 Å². The number of aromatic amines is 1. The van der Waals surface area contributed by atoms with Crippen molar-refractivity contribution in [1.29, 1.82) is 0 Å². The standard InChI is InChI=1S/C9H9N.C8H17NO/c1-7-6-10-9-5-3-2-4-8(7)9;1-4-5-8(10)6-9-7(2)3/h2-6,10H,1H3;7,9H,4-6H2,1-3H3. The number of Topliss-reactive ketones (excluding diaryl/α,β-unsaturated/α-hetero) is 1. The van der Waals surface area contributed by atoms with Crippen LogP contribution in [0, 0.1) is 6.92 Å². The van der Waals surface area contributed by atoms with Crippen molar-refractivity contribution in [3.8, 4) is 0 Å². The molecule has 2 rings (SSSR count). The zero-order chi connectivity index (χ0) is 15.0. The third kappa shape index (κ3) is 5.57. The Morgan fingerprint density at radius 3 is 2.60 bits per heavy atom. The van der Waals surface area contributed by atoms with Gasteiger partial charge in [-0.05, 0) is 25.0 Å². The number of para-hydroxylation sites is 1. The molecule has 110 valence electrons. The molecule has 0 bridgehead atoms. The summed E-state index contributed by atoms with van der Waals surface area (Å²) >= 11 is 0. The highest BCUT2D eigenvalue weighted by Crippen LogP contribution is 2.15. The molecule has 3 nitrogen and oxygen atoms in total. The van der Waals surface area contributed by atoms with Gasteiger partial charge in [0.25, 0.3) is 0 Å². The summed E-state index contributed by atoms with van der Waals surface area (Å²) in [5.41, 5.74) is 2.54. The molecule has 0 saturated heterocycles. The Balaban J connectivity index is 0.000000200. The molecule has 0 fully saturated rings. The summed E-state index contributed by atoms with van der Waals surface area (Å²) in [4.78, 5) is 14.1. The molecule has 0 unspecified atom stereocenters. The number of hydrogen-bond acceptors (Lipinski definition) is 2. The van der Waals surface area contributed by atoms with Crippen molar-refractivity contribution in [2.45, 2.75) is 46.6 Å². The molecule has 1 aromatic heterocycles. The van der Waals surface area contributed by atoms with E-state index in [2.05, 4.69) is 35.4 Å². The molecular formula is C17H26N2O. The van der Waals surface area contributed by atoms with Gasteiger partial charge in [-0.1, -0.05) is 39.0 Å². The van der Waals surface area contributed by atoms with E-state index in [9.17, 15) is 4.79 Å². The maximum atomic E-state index is 10.9. The molecular weight excluding hydrogens is 248 g/mol. The average Bonchev–Trinajstić information content (AvgIpc) is 2.80. The lowest BCUT2D eigenvalue weighted by Gasteiger charge is -2.05. The number of aromatic nitrogens is 1. The van der Waals surface area contributed by atoms with E-state index in [0.29, 0.717) is 24.8 Å². The number of carbonyl (C=O) groups is 1. The first kappa shape index (κ1) is 16.4. The van der Waals surface area contributed by atoms with E-state index in [1.54, 1.807) is 0 Å². The van der Waals surface area contributed by atoms with Crippen molar-refractivity contribution < 1.29 is 4.79 Å². The lowest BCUT2D eigenvalue weighted by molar-refractivity contribution is -0.118. The summed E-state index contributed by atoms with van der Waals surface area (Å²) in [5, 5.41) is 4.40. The van der Waals surface area contributed by atoms with Crippen LogP contribution >= 0.6 is 0 Å². The number of hydrogen-bond donors (Lipinski definition) is 2. The summed E-state index contributed by atoms with van der Waals surface area (Å²) in [7, 11) is 0. The minimum absolute atomic E-state index is 0.316. The van der Waals surface area contributed by atoms with Gasteiger partial charge in [0, 0.05) is 29.6 Å². The number of rotatable bonds is 5. The van der Waals surface area contributed by atoms with Gasteiger partial charge in [0.05, 0.1) is 6.54 Å². The maximum absolute atomic E-state index is 10.9. The van der Waals surface area contributed by atoms with Crippen molar-refractivity contribution >= 4 is 16.7 Å². The highest BCUT2D eigenvalue weighted by atomic mass is 16.1. The first-order valence-electron chi connectivity index (χ1n) is 7.32. The summed E-state index contributed by atoms with van der Waals surface area (Å²) < 4.78 is 0. The van der Waals surface area contributed by atoms with Crippen LogP contribution in [-0.4, -0.2) is 23.4 Å². The number of H-pyrrole nitrogens is 1. The minimum atomic E-state index is 0.316. The lowest BCUT2D eigenvalue weighted by atomic mass is 10.2. The Morgan fingerprint density at radius 2 is 2.00 bits per heavy atom. The number of carbonyl (C=O) groups excluding carboxylic acids is 1. The van der Waals surface area contributed by atoms with E-state index < -0.39 is 0 Å². The molecule has 2 N–H and O–H groups in total. The second-order valence-electron chi connectivity index (χ2n) is 5.34. The fourth-order valence-corrected chi connectivity index (χ4v) is 1.90. The van der Waals surface area contributed by atoms with Crippen LogP contribution in [0.3, 0.4) is 0 Å². The largest absolute Gasteiger partial charge is 0.361 e. The van der Waals surface area contributed by atoms with Gasteiger partial charge < -0.3 is 10.3 Å². The Hall–Kier alpha value is -1.61. The first-order chi connectivity index (χ1) is 9.54. The van der Waals surface area contributed by atoms with Crippen LogP contribution in [0.1, 0.15) is 39.2 Å². The van der Waals surface area contributed by atoms with Crippen LogP contribution in [0.25, 0.3) is 10.9 Å². The maximum Gasteiger partial charge on any atom is 0.146 e. The number of fused-ring (bicyclic) bond motifs is 1. The number of benzene rings is 1. The van der Waals surface area contributed by atoms with Crippen molar-refractivity contribution in [3.05, 3.63) is 36.0 Å². The highest BCUT2D eigenvalue weighted by Gasteiger charge is 1.99. The van der Waals surface area contributed by atoms with Gasteiger partial charge in [0.2, 0.25) is 0 Å².